The van der Waals surface area contributed by atoms with Gasteiger partial charge in [-0.15, -0.1) is 0 Å². The van der Waals surface area contributed by atoms with E-state index in [0.29, 0.717) is 11.6 Å². The number of anilines is 1. The number of hydrogen-bond donors (Lipinski definition) is 1. The Kier molecular flexibility index (Phi) is 4.15. The Morgan fingerprint density at radius 1 is 1.28 bits per heavy atom. The van der Waals surface area contributed by atoms with Gasteiger partial charge in [0.1, 0.15) is 0 Å². The van der Waals surface area contributed by atoms with Crippen LogP contribution in [0.4, 0.5) is 10.2 Å². The molecule has 0 unspecified atom stereocenters. The molecular weight excluding hydrogens is 251 g/mol. The minimum absolute atomic E-state index is 0.227. The summed E-state index contributed by atoms with van der Waals surface area (Å²) < 4.78 is 13.5. The quantitative estimate of drug-likeness (QED) is 0.901. The molecule has 0 radical (unpaired) electrons. The lowest BCUT2D eigenvalue weighted by Crippen LogP contribution is -2.05. The molecule has 1 aromatic heterocycles. The third-order valence-corrected chi connectivity index (χ3v) is 2.96. The third kappa shape index (κ3) is 2.99. The molecule has 1 heterocycles. The van der Waals surface area contributed by atoms with E-state index < -0.39 is 5.82 Å². The first-order chi connectivity index (χ1) is 8.70. The highest BCUT2D eigenvalue weighted by Crippen LogP contribution is 2.17. The van der Waals surface area contributed by atoms with Crippen LogP contribution >= 0.6 is 11.6 Å². The molecule has 0 fully saturated rings. The van der Waals surface area contributed by atoms with Gasteiger partial charge in [-0.05, 0) is 23.6 Å². The fourth-order valence-corrected chi connectivity index (χ4v) is 1.94. The van der Waals surface area contributed by atoms with E-state index in [1.54, 1.807) is 0 Å². The molecule has 4 heteroatoms. The molecule has 0 aliphatic rings. The molecule has 1 N–H and O–H groups in total. The van der Waals surface area contributed by atoms with Gasteiger partial charge in [0.05, 0.1) is 5.02 Å². The topological polar surface area (TPSA) is 24.9 Å². The van der Waals surface area contributed by atoms with Gasteiger partial charge in [-0.3, -0.25) is 0 Å². The summed E-state index contributed by atoms with van der Waals surface area (Å²) in [6.45, 7) is 2.65. The number of rotatable bonds is 4. The second-order valence-electron chi connectivity index (χ2n) is 3.96. The molecule has 0 bridgehead atoms. The van der Waals surface area contributed by atoms with Crippen LogP contribution in [0.2, 0.25) is 5.02 Å². The van der Waals surface area contributed by atoms with Crippen LogP contribution in [0.5, 0.6) is 0 Å². The van der Waals surface area contributed by atoms with Gasteiger partial charge in [-0.25, -0.2) is 9.37 Å². The number of benzene rings is 1. The molecular formula is C14H14ClFN2. The summed E-state index contributed by atoms with van der Waals surface area (Å²) in [6, 6.07) is 9.33. The van der Waals surface area contributed by atoms with Crippen molar-refractivity contribution in [2.75, 3.05) is 5.32 Å². The van der Waals surface area contributed by atoms with Crippen molar-refractivity contribution in [3.05, 3.63) is 58.5 Å². The summed E-state index contributed by atoms with van der Waals surface area (Å²) in [4.78, 5) is 3.93. The molecule has 2 nitrogen and oxygen atoms in total. The number of nitrogens with zero attached hydrogens (tertiary/aromatic N) is 1. The zero-order valence-corrected chi connectivity index (χ0v) is 10.8. The molecule has 0 saturated heterocycles. The van der Waals surface area contributed by atoms with Crippen molar-refractivity contribution in [3.63, 3.8) is 0 Å². The maximum atomic E-state index is 13.5. The maximum absolute atomic E-state index is 13.5. The number of aromatic nitrogens is 1. The van der Waals surface area contributed by atoms with E-state index in [2.05, 4.69) is 23.3 Å². The van der Waals surface area contributed by atoms with Crippen molar-refractivity contribution in [2.24, 2.45) is 0 Å². The molecule has 0 aliphatic carbocycles. The highest BCUT2D eigenvalue weighted by molar-refractivity contribution is 6.30. The first-order valence-corrected chi connectivity index (χ1v) is 6.20. The second-order valence-corrected chi connectivity index (χ2v) is 4.40. The average Bonchev–Trinajstić information content (AvgIpc) is 2.38. The molecule has 18 heavy (non-hydrogen) atoms. The van der Waals surface area contributed by atoms with Crippen LogP contribution in [0, 0.1) is 5.82 Å². The van der Waals surface area contributed by atoms with Gasteiger partial charge in [0.2, 0.25) is 0 Å². The van der Waals surface area contributed by atoms with Crippen LogP contribution in [0.3, 0.4) is 0 Å². The van der Waals surface area contributed by atoms with E-state index in [1.165, 1.54) is 17.8 Å². The molecule has 0 amide bonds. The van der Waals surface area contributed by atoms with Gasteiger partial charge >= 0.3 is 0 Å². The van der Waals surface area contributed by atoms with Crippen LogP contribution < -0.4 is 5.32 Å². The van der Waals surface area contributed by atoms with Gasteiger partial charge in [-0.2, -0.15) is 0 Å². The lowest BCUT2D eigenvalue weighted by Gasteiger charge is -2.10. The van der Waals surface area contributed by atoms with E-state index in [0.717, 1.165) is 12.0 Å². The molecule has 1 aromatic carbocycles. The first kappa shape index (κ1) is 12.8. The van der Waals surface area contributed by atoms with Gasteiger partial charge in [0, 0.05) is 12.7 Å². The number of aryl methyl sites for hydroxylation is 1. The number of halogens is 2. The Hall–Kier alpha value is -1.61. The Morgan fingerprint density at radius 2 is 2.00 bits per heavy atom. The van der Waals surface area contributed by atoms with Gasteiger partial charge < -0.3 is 5.32 Å². The predicted molar refractivity (Wildman–Crippen MR) is 72.4 cm³/mol. The lowest BCUT2D eigenvalue weighted by molar-refractivity contribution is 0.624. The van der Waals surface area contributed by atoms with Gasteiger partial charge in [0.15, 0.2) is 11.6 Å². The molecule has 0 atom stereocenters. The van der Waals surface area contributed by atoms with E-state index in [1.807, 2.05) is 18.2 Å². The van der Waals surface area contributed by atoms with Crippen LogP contribution in [-0.2, 0) is 13.0 Å². The summed E-state index contributed by atoms with van der Waals surface area (Å²) >= 11 is 5.65. The average molecular weight is 265 g/mol. The van der Waals surface area contributed by atoms with E-state index in [4.69, 9.17) is 11.6 Å². The Bertz CT molecular complexity index is 543. The zero-order chi connectivity index (χ0) is 13.0. The van der Waals surface area contributed by atoms with Gasteiger partial charge in [0.25, 0.3) is 0 Å². The normalized spacial score (nSPS) is 10.4. The molecule has 0 spiro atoms. The molecule has 94 valence electrons. The fraction of sp³-hybridized carbons (Fsp3) is 0.214. The Labute approximate surface area is 111 Å². The monoisotopic (exact) mass is 264 g/mol. The van der Waals surface area contributed by atoms with Crippen LogP contribution in [0.15, 0.2) is 36.5 Å². The smallest absolute Gasteiger partial charge is 0.166 e. The van der Waals surface area contributed by atoms with Crippen molar-refractivity contribution in [2.45, 2.75) is 19.9 Å². The lowest BCUT2D eigenvalue weighted by atomic mass is 10.1. The molecule has 0 aliphatic heterocycles. The standard InChI is InChI=1S/C14H14ClFN2/c1-2-10-5-3-4-6-11(10)8-17-14-13(16)7-12(15)9-18-14/h3-7,9H,2,8H2,1H3,(H,17,18). The van der Waals surface area contributed by atoms with Crippen LogP contribution in [0.25, 0.3) is 0 Å². The largest absolute Gasteiger partial charge is 0.364 e. The minimum Gasteiger partial charge on any atom is -0.364 e. The summed E-state index contributed by atoms with van der Waals surface area (Å²) in [7, 11) is 0. The highest BCUT2D eigenvalue weighted by Gasteiger charge is 2.05. The predicted octanol–water partition coefficient (Wildman–Crippen LogP) is 4.05. The summed E-state index contributed by atoms with van der Waals surface area (Å²) in [5.41, 5.74) is 2.40. The number of pyridine rings is 1. The maximum Gasteiger partial charge on any atom is 0.166 e. The molecule has 2 aromatic rings. The Morgan fingerprint density at radius 3 is 2.67 bits per heavy atom. The van der Waals surface area contributed by atoms with Crippen molar-refractivity contribution in [1.29, 1.82) is 0 Å². The number of hydrogen-bond acceptors (Lipinski definition) is 2. The summed E-state index contributed by atoms with van der Waals surface area (Å²) in [5, 5.41) is 3.28. The van der Waals surface area contributed by atoms with Crippen molar-refractivity contribution in [1.82, 2.24) is 4.98 Å². The van der Waals surface area contributed by atoms with E-state index in [9.17, 15) is 4.39 Å². The summed E-state index contributed by atoms with van der Waals surface area (Å²) in [6.07, 6.45) is 2.38. The third-order valence-electron chi connectivity index (χ3n) is 2.75. The first-order valence-electron chi connectivity index (χ1n) is 5.82. The number of nitrogens with one attached hydrogen (secondary N) is 1. The van der Waals surface area contributed by atoms with E-state index >= 15 is 0 Å². The van der Waals surface area contributed by atoms with Gasteiger partial charge in [-0.1, -0.05) is 42.8 Å². The van der Waals surface area contributed by atoms with Crippen LogP contribution in [0.1, 0.15) is 18.1 Å². The highest BCUT2D eigenvalue weighted by atomic mass is 35.5. The zero-order valence-electron chi connectivity index (χ0n) is 10.1. The van der Waals surface area contributed by atoms with E-state index in [-0.39, 0.29) is 5.82 Å². The minimum atomic E-state index is -0.434. The summed E-state index contributed by atoms with van der Waals surface area (Å²) in [5.74, 6) is -0.207. The fourth-order valence-electron chi connectivity index (χ4n) is 1.80. The van der Waals surface area contributed by atoms with Crippen molar-refractivity contribution >= 4 is 17.4 Å². The Balaban J connectivity index is 2.11. The van der Waals surface area contributed by atoms with Crippen molar-refractivity contribution < 1.29 is 4.39 Å². The molecule has 2 rings (SSSR count). The SMILES string of the molecule is CCc1ccccc1CNc1ncc(Cl)cc1F. The van der Waals surface area contributed by atoms with Crippen LogP contribution in [-0.4, -0.2) is 4.98 Å². The van der Waals surface area contributed by atoms with Crippen molar-refractivity contribution in [3.8, 4) is 0 Å². The second kappa shape index (κ2) is 5.83. The molecule has 0 saturated carbocycles.